The number of alkyl halides is 1. The maximum atomic E-state index is 5.51. The summed E-state index contributed by atoms with van der Waals surface area (Å²) in [6.45, 7) is 0.984. The van der Waals surface area contributed by atoms with E-state index >= 15 is 0 Å². The lowest BCUT2D eigenvalue weighted by atomic mass is 9.95. The first-order chi connectivity index (χ1) is 5.93. The number of nitrogens with one attached hydrogen (secondary N) is 1. The highest BCUT2D eigenvalue weighted by atomic mass is 35.5. The first-order valence-corrected chi connectivity index (χ1v) is 5.41. The lowest BCUT2D eigenvalue weighted by molar-refractivity contribution is 0.385. The van der Waals surface area contributed by atoms with E-state index in [9.17, 15) is 0 Å². The predicted octanol–water partition coefficient (Wildman–Crippen LogP) is 2.70. The second-order valence-corrected chi connectivity index (χ2v) is 3.68. The molecule has 0 atom stereocenters. The van der Waals surface area contributed by atoms with E-state index in [-0.39, 0.29) is 0 Å². The largest absolute Gasteiger partial charge is 0.311 e. The molecule has 0 amide bonds. The molecular weight excluding hydrogens is 170 g/mol. The van der Waals surface area contributed by atoms with Gasteiger partial charge in [-0.05, 0) is 12.8 Å². The van der Waals surface area contributed by atoms with Crippen molar-refractivity contribution in [2.24, 2.45) is 0 Å². The van der Waals surface area contributed by atoms with Gasteiger partial charge in [-0.3, -0.25) is 0 Å². The second kappa shape index (κ2) is 6.50. The molecule has 70 valence electrons. The SMILES string of the molecule is ClC/C=C/CNC1CCCCC1. The Hall–Kier alpha value is -0.0100. The van der Waals surface area contributed by atoms with Crippen LogP contribution in [-0.2, 0) is 0 Å². The molecule has 0 aromatic carbocycles. The van der Waals surface area contributed by atoms with E-state index < -0.39 is 0 Å². The van der Waals surface area contributed by atoms with Crippen LogP contribution in [0.15, 0.2) is 12.2 Å². The molecule has 0 spiro atoms. The highest BCUT2D eigenvalue weighted by molar-refractivity contribution is 6.18. The van der Waals surface area contributed by atoms with Gasteiger partial charge in [0.05, 0.1) is 0 Å². The molecule has 0 aliphatic heterocycles. The average molecular weight is 188 g/mol. The Balaban J connectivity index is 2.01. The van der Waals surface area contributed by atoms with Crippen molar-refractivity contribution in [3.63, 3.8) is 0 Å². The van der Waals surface area contributed by atoms with E-state index in [4.69, 9.17) is 11.6 Å². The normalized spacial score (nSPS) is 20.4. The van der Waals surface area contributed by atoms with E-state index in [1.165, 1.54) is 32.1 Å². The molecule has 0 unspecified atom stereocenters. The average Bonchev–Trinajstić information content (AvgIpc) is 2.14. The summed E-state index contributed by atoms with van der Waals surface area (Å²) in [7, 11) is 0. The van der Waals surface area contributed by atoms with Crippen molar-refractivity contribution in [3.8, 4) is 0 Å². The van der Waals surface area contributed by atoms with Crippen molar-refractivity contribution in [3.05, 3.63) is 12.2 Å². The van der Waals surface area contributed by atoms with Crippen LogP contribution in [0.3, 0.4) is 0 Å². The molecule has 1 saturated carbocycles. The van der Waals surface area contributed by atoms with Crippen LogP contribution < -0.4 is 5.32 Å². The fourth-order valence-electron chi connectivity index (χ4n) is 1.69. The summed E-state index contributed by atoms with van der Waals surface area (Å²) in [6.07, 6.45) is 11.0. The van der Waals surface area contributed by atoms with Crippen molar-refractivity contribution >= 4 is 11.6 Å². The molecule has 0 saturated heterocycles. The van der Waals surface area contributed by atoms with Crippen LogP contribution in [0.1, 0.15) is 32.1 Å². The Bertz CT molecular complexity index is 128. The van der Waals surface area contributed by atoms with E-state index in [1.54, 1.807) is 0 Å². The summed E-state index contributed by atoms with van der Waals surface area (Å²) in [5.74, 6) is 0.631. The molecule has 12 heavy (non-hydrogen) atoms. The highest BCUT2D eigenvalue weighted by Gasteiger charge is 2.10. The zero-order valence-electron chi connectivity index (χ0n) is 7.56. The second-order valence-electron chi connectivity index (χ2n) is 3.37. The van der Waals surface area contributed by atoms with Crippen LogP contribution >= 0.6 is 11.6 Å². The summed E-state index contributed by atoms with van der Waals surface area (Å²) in [5, 5.41) is 3.51. The van der Waals surface area contributed by atoms with Gasteiger partial charge in [0.15, 0.2) is 0 Å². The summed E-state index contributed by atoms with van der Waals surface area (Å²) in [5.41, 5.74) is 0. The quantitative estimate of drug-likeness (QED) is 0.527. The summed E-state index contributed by atoms with van der Waals surface area (Å²) >= 11 is 5.51. The summed E-state index contributed by atoms with van der Waals surface area (Å²) in [4.78, 5) is 0. The highest BCUT2D eigenvalue weighted by Crippen LogP contribution is 2.16. The number of hydrogen-bond donors (Lipinski definition) is 1. The Kier molecular flexibility index (Phi) is 5.46. The Labute approximate surface area is 80.2 Å². The summed E-state index contributed by atoms with van der Waals surface area (Å²) < 4.78 is 0. The molecule has 0 aromatic rings. The first kappa shape index (κ1) is 10.1. The van der Waals surface area contributed by atoms with Crippen LogP contribution in [0.25, 0.3) is 0 Å². The third kappa shape index (κ3) is 4.13. The first-order valence-electron chi connectivity index (χ1n) is 4.88. The molecule has 2 heteroatoms. The number of rotatable bonds is 4. The lowest BCUT2D eigenvalue weighted by Gasteiger charge is -2.21. The van der Waals surface area contributed by atoms with Crippen LogP contribution in [0.2, 0.25) is 0 Å². The maximum Gasteiger partial charge on any atom is 0.0404 e. The molecule has 1 N–H and O–H groups in total. The fraction of sp³-hybridized carbons (Fsp3) is 0.800. The minimum absolute atomic E-state index is 0.631. The van der Waals surface area contributed by atoms with Crippen molar-refractivity contribution in [2.75, 3.05) is 12.4 Å². The third-order valence-electron chi connectivity index (χ3n) is 2.39. The third-order valence-corrected chi connectivity index (χ3v) is 2.56. The van der Waals surface area contributed by atoms with E-state index in [0.717, 1.165) is 12.6 Å². The topological polar surface area (TPSA) is 12.0 Å². The number of halogens is 1. The molecule has 1 nitrogen and oxygen atoms in total. The van der Waals surface area contributed by atoms with E-state index in [2.05, 4.69) is 11.4 Å². The van der Waals surface area contributed by atoms with Crippen LogP contribution in [0.5, 0.6) is 0 Å². The number of allylic oxidation sites excluding steroid dienone is 1. The van der Waals surface area contributed by atoms with E-state index in [1.807, 2.05) is 6.08 Å². The maximum absolute atomic E-state index is 5.51. The minimum atomic E-state index is 0.631. The van der Waals surface area contributed by atoms with Crippen LogP contribution in [0, 0.1) is 0 Å². The van der Waals surface area contributed by atoms with Crippen LogP contribution in [0.4, 0.5) is 0 Å². The predicted molar refractivity (Wildman–Crippen MR) is 54.7 cm³/mol. The molecule has 1 aliphatic rings. The Morgan fingerprint density at radius 1 is 1.17 bits per heavy atom. The smallest absolute Gasteiger partial charge is 0.0404 e. The fourth-order valence-corrected chi connectivity index (χ4v) is 1.81. The zero-order chi connectivity index (χ0) is 8.65. The molecule has 1 aliphatic carbocycles. The van der Waals surface area contributed by atoms with Gasteiger partial charge in [-0.25, -0.2) is 0 Å². The van der Waals surface area contributed by atoms with Gasteiger partial charge in [-0.2, -0.15) is 0 Å². The summed E-state index contributed by atoms with van der Waals surface area (Å²) in [6, 6.07) is 0.763. The molecule has 1 fully saturated rings. The molecular formula is C10H18ClN. The van der Waals surface area contributed by atoms with Crippen molar-refractivity contribution < 1.29 is 0 Å². The van der Waals surface area contributed by atoms with Gasteiger partial charge in [0.1, 0.15) is 0 Å². The molecule has 1 rings (SSSR count). The molecule has 0 radical (unpaired) electrons. The minimum Gasteiger partial charge on any atom is -0.311 e. The molecule has 0 bridgehead atoms. The van der Waals surface area contributed by atoms with Crippen molar-refractivity contribution in [2.45, 2.75) is 38.1 Å². The van der Waals surface area contributed by atoms with Gasteiger partial charge >= 0.3 is 0 Å². The van der Waals surface area contributed by atoms with Gasteiger partial charge in [-0.1, -0.05) is 31.4 Å². The van der Waals surface area contributed by atoms with Crippen molar-refractivity contribution in [1.82, 2.24) is 5.32 Å². The molecule has 0 heterocycles. The lowest BCUT2D eigenvalue weighted by Crippen LogP contribution is -2.30. The Morgan fingerprint density at radius 2 is 1.92 bits per heavy atom. The van der Waals surface area contributed by atoms with Crippen LogP contribution in [-0.4, -0.2) is 18.5 Å². The van der Waals surface area contributed by atoms with Gasteiger partial charge in [-0.15, -0.1) is 11.6 Å². The van der Waals surface area contributed by atoms with E-state index in [0.29, 0.717) is 5.88 Å². The standard InChI is InChI=1S/C10H18ClN/c11-8-4-5-9-12-10-6-2-1-3-7-10/h4-5,10,12H,1-3,6-9H2/b5-4+. The zero-order valence-corrected chi connectivity index (χ0v) is 8.32. The number of hydrogen-bond acceptors (Lipinski definition) is 1. The monoisotopic (exact) mass is 187 g/mol. The van der Waals surface area contributed by atoms with Gasteiger partial charge in [0.2, 0.25) is 0 Å². The Morgan fingerprint density at radius 3 is 2.58 bits per heavy atom. The van der Waals surface area contributed by atoms with Gasteiger partial charge in [0.25, 0.3) is 0 Å². The van der Waals surface area contributed by atoms with Crippen molar-refractivity contribution in [1.29, 1.82) is 0 Å². The van der Waals surface area contributed by atoms with Gasteiger partial charge < -0.3 is 5.32 Å². The van der Waals surface area contributed by atoms with Gasteiger partial charge in [0, 0.05) is 18.5 Å². The molecule has 0 aromatic heterocycles.